The van der Waals surface area contributed by atoms with Crippen LogP contribution >= 0.6 is 11.6 Å². The molecule has 100 valence electrons. The lowest BCUT2D eigenvalue weighted by atomic mass is 9.87. The normalized spacial score (nSPS) is 18.3. The molecule has 0 bridgehead atoms. The molecule has 0 N–H and O–H groups in total. The zero-order valence-electron chi connectivity index (χ0n) is 11.1. The second-order valence-corrected chi connectivity index (χ2v) is 5.45. The van der Waals surface area contributed by atoms with Crippen LogP contribution in [0.5, 0.6) is 0 Å². The van der Waals surface area contributed by atoms with Crippen LogP contribution in [0.15, 0.2) is 24.3 Å². The Morgan fingerprint density at radius 1 is 1.32 bits per heavy atom. The van der Waals surface area contributed by atoms with E-state index in [0.29, 0.717) is 11.3 Å². The number of nitrogens with zero attached hydrogens (tertiary/aromatic N) is 3. The van der Waals surface area contributed by atoms with E-state index >= 15 is 0 Å². The molecule has 1 atom stereocenters. The van der Waals surface area contributed by atoms with Crippen LogP contribution in [0.4, 0.5) is 0 Å². The van der Waals surface area contributed by atoms with Crippen molar-refractivity contribution in [3.8, 4) is 0 Å². The molecule has 2 aromatic rings. The van der Waals surface area contributed by atoms with Crippen molar-refractivity contribution in [3.63, 3.8) is 0 Å². The summed E-state index contributed by atoms with van der Waals surface area (Å²) in [5, 5.41) is 8.81. The van der Waals surface area contributed by atoms with Gasteiger partial charge in [0.2, 0.25) is 5.28 Å². The van der Waals surface area contributed by atoms with Gasteiger partial charge in [-0.25, -0.2) is 0 Å². The van der Waals surface area contributed by atoms with E-state index in [2.05, 4.69) is 46.0 Å². The molecule has 0 amide bonds. The fourth-order valence-electron chi connectivity index (χ4n) is 3.00. The first-order chi connectivity index (χ1) is 9.31. The highest BCUT2D eigenvalue weighted by Crippen LogP contribution is 2.35. The summed E-state index contributed by atoms with van der Waals surface area (Å²) in [7, 11) is 0. The summed E-state index contributed by atoms with van der Waals surface area (Å²) in [6, 6.07) is 8.95. The lowest BCUT2D eigenvalue weighted by Gasteiger charge is -2.27. The van der Waals surface area contributed by atoms with Gasteiger partial charge in [0.1, 0.15) is 5.82 Å². The van der Waals surface area contributed by atoms with Crippen molar-refractivity contribution in [2.24, 2.45) is 0 Å². The van der Waals surface area contributed by atoms with Gasteiger partial charge in [-0.15, -0.1) is 10.2 Å². The summed E-state index contributed by atoms with van der Waals surface area (Å²) in [4.78, 5) is 0. The first-order valence-corrected chi connectivity index (χ1v) is 7.36. The highest BCUT2D eigenvalue weighted by atomic mass is 35.5. The Kier molecular flexibility index (Phi) is 3.56. The van der Waals surface area contributed by atoms with Crippen molar-refractivity contribution < 1.29 is 0 Å². The van der Waals surface area contributed by atoms with Gasteiger partial charge in [-0.3, -0.25) is 4.57 Å². The molecule has 3 nitrogen and oxygen atoms in total. The number of benzene rings is 1. The van der Waals surface area contributed by atoms with Crippen molar-refractivity contribution in [3.05, 3.63) is 46.5 Å². The zero-order chi connectivity index (χ0) is 13.2. The zero-order valence-corrected chi connectivity index (χ0v) is 11.9. The lowest BCUT2D eigenvalue weighted by molar-refractivity contribution is 0.473. The molecule has 1 aromatic heterocycles. The van der Waals surface area contributed by atoms with Crippen LogP contribution in [0.1, 0.15) is 49.2 Å². The molecule has 1 unspecified atom stereocenters. The van der Waals surface area contributed by atoms with Gasteiger partial charge in [-0.1, -0.05) is 31.2 Å². The number of rotatable bonds is 3. The van der Waals surface area contributed by atoms with Gasteiger partial charge in [0.25, 0.3) is 0 Å². The molecule has 4 heteroatoms. The molecule has 1 aliphatic rings. The maximum atomic E-state index is 6.27. The summed E-state index contributed by atoms with van der Waals surface area (Å²) in [6.07, 6.45) is 5.46. The minimum Gasteiger partial charge on any atom is -0.294 e. The van der Waals surface area contributed by atoms with E-state index in [1.54, 1.807) is 0 Å². The van der Waals surface area contributed by atoms with Crippen LogP contribution in [0, 0.1) is 0 Å². The first kappa shape index (κ1) is 12.7. The van der Waals surface area contributed by atoms with Crippen molar-refractivity contribution >= 4 is 11.6 Å². The number of aromatic nitrogens is 3. The van der Waals surface area contributed by atoms with Crippen LogP contribution in [0.2, 0.25) is 5.28 Å². The quantitative estimate of drug-likeness (QED) is 0.853. The van der Waals surface area contributed by atoms with Crippen molar-refractivity contribution in [1.82, 2.24) is 14.8 Å². The molecule has 0 aliphatic heterocycles. The third-order valence-electron chi connectivity index (χ3n) is 3.85. The maximum Gasteiger partial charge on any atom is 0.225 e. The van der Waals surface area contributed by atoms with Crippen molar-refractivity contribution in [2.75, 3.05) is 0 Å². The van der Waals surface area contributed by atoms with E-state index in [1.165, 1.54) is 17.5 Å². The molecule has 0 saturated heterocycles. The largest absolute Gasteiger partial charge is 0.294 e. The predicted octanol–water partition coefficient (Wildman–Crippen LogP) is 3.81. The van der Waals surface area contributed by atoms with Crippen molar-refractivity contribution in [2.45, 2.75) is 45.1 Å². The van der Waals surface area contributed by atoms with E-state index in [1.807, 2.05) is 0 Å². The average molecular weight is 276 g/mol. The summed E-state index contributed by atoms with van der Waals surface area (Å²) >= 11 is 6.27. The SMILES string of the molecule is CCCc1nnc(Cl)n1C1CCCc2ccccc21. The van der Waals surface area contributed by atoms with Crippen LogP contribution < -0.4 is 0 Å². The summed E-state index contributed by atoms with van der Waals surface area (Å²) in [6.45, 7) is 2.15. The lowest BCUT2D eigenvalue weighted by Crippen LogP contribution is -2.19. The van der Waals surface area contributed by atoms with E-state index < -0.39 is 0 Å². The molecule has 0 radical (unpaired) electrons. The average Bonchev–Trinajstić information content (AvgIpc) is 2.80. The molecular formula is C15H18ClN3. The van der Waals surface area contributed by atoms with Gasteiger partial charge >= 0.3 is 0 Å². The topological polar surface area (TPSA) is 30.7 Å². The summed E-state index contributed by atoms with van der Waals surface area (Å²) < 4.78 is 2.13. The third kappa shape index (κ3) is 2.27. The molecule has 1 aromatic carbocycles. The summed E-state index contributed by atoms with van der Waals surface area (Å²) in [5.41, 5.74) is 2.82. The highest BCUT2D eigenvalue weighted by molar-refractivity contribution is 6.28. The smallest absolute Gasteiger partial charge is 0.225 e. The van der Waals surface area contributed by atoms with Crippen LogP contribution in [-0.4, -0.2) is 14.8 Å². The van der Waals surface area contributed by atoms with Gasteiger partial charge in [0, 0.05) is 6.42 Å². The van der Waals surface area contributed by atoms with Gasteiger partial charge < -0.3 is 0 Å². The number of aryl methyl sites for hydroxylation is 2. The molecule has 1 aliphatic carbocycles. The van der Waals surface area contributed by atoms with E-state index in [9.17, 15) is 0 Å². The molecule has 19 heavy (non-hydrogen) atoms. The van der Waals surface area contributed by atoms with Gasteiger partial charge in [-0.05, 0) is 48.4 Å². The Bertz CT molecular complexity index is 577. The predicted molar refractivity (Wildman–Crippen MR) is 76.5 cm³/mol. The second kappa shape index (κ2) is 5.33. The second-order valence-electron chi connectivity index (χ2n) is 5.11. The molecule has 1 heterocycles. The first-order valence-electron chi connectivity index (χ1n) is 6.98. The van der Waals surface area contributed by atoms with Crippen LogP contribution in [-0.2, 0) is 12.8 Å². The fourth-order valence-corrected chi connectivity index (χ4v) is 3.25. The molecular weight excluding hydrogens is 258 g/mol. The van der Waals surface area contributed by atoms with Gasteiger partial charge in [0.15, 0.2) is 0 Å². The Labute approximate surface area is 118 Å². The molecule has 0 saturated carbocycles. The van der Waals surface area contributed by atoms with Crippen molar-refractivity contribution in [1.29, 1.82) is 0 Å². The third-order valence-corrected chi connectivity index (χ3v) is 4.11. The number of fused-ring (bicyclic) bond motifs is 1. The minimum atomic E-state index is 0.300. The van der Waals surface area contributed by atoms with Crippen LogP contribution in [0.25, 0.3) is 0 Å². The van der Waals surface area contributed by atoms with E-state index in [4.69, 9.17) is 11.6 Å². The number of hydrogen-bond donors (Lipinski definition) is 0. The van der Waals surface area contributed by atoms with Crippen LogP contribution in [0.3, 0.4) is 0 Å². The number of halogens is 1. The Morgan fingerprint density at radius 2 is 2.16 bits per heavy atom. The fraction of sp³-hybridized carbons (Fsp3) is 0.467. The Balaban J connectivity index is 2.06. The Hall–Kier alpha value is -1.35. The highest BCUT2D eigenvalue weighted by Gasteiger charge is 2.25. The minimum absolute atomic E-state index is 0.300. The standard InChI is InChI=1S/C15H18ClN3/c1-2-6-14-17-18-15(16)19(14)13-10-5-8-11-7-3-4-9-12(11)13/h3-4,7,9,13H,2,5-6,8,10H2,1H3. The Morgan fingerprint density at radius 3 is 3.00 bits per heavy atom. The maximum absolute atomic E-state index is 6.27. The van der Waals surface area contributed by atoms with Gasteiger partial charge in [-0.2, -0.15) is 0 Å². The van der Waals surface area contributed by atoms with E-state index in [-0.39, 0.29) is 0 Å². The van der Waals surface area contributed by atoms with Gasteiger partial charge in [0.05, 0.1) is 6.04 Å². The van der Waals surface area contributed by atoms with E-state index in [0.717, 1.165) is 31.5 Å². The molecule has 0 fully saturated rings. The molecule has 0 spiro atoms. The monoisotopic (exact) mass is 275 g/mol. The molecule has 3 rings (SSSR count). The number of hydrogen-bond acceptors (Lipinski definition) is 2. The summed E-state index contributed by atoms with van der Waals surface area (Å²) in [5.74, 6) is 1.01.